The van der Waals surface area contributed by atoms with E-state index in [0.717, 1.165) is 26.1 Å². The number of nitrogens with zero attached hydrogens (tertiary/aromatic N) is 2. The van der Waals surface area contributed by atoms with Crippen LogP contribution in [0.1, 0.15) is 46.8 Å². The van der Waals surface area contributed by atoms with E-state index in [0.29, 0.717) is 17.9 Å². The summed E-state index contributed by atoms with van der Waals surface area (Å²) >= 11 is 0. The number of fused-ring (bicyclic) bond motifs is 1. The minimum absolute atomic E-state index is 0.0784. The van der Waals surface area contributed by atoms with E-state index in [4.69, 9.17) is 4.74 Å². The van der Waals surface area contributed by atoms with E-state index >= 15 is 0 Å². The lowest BCUT2D eigenvalue weighted by Crippen LogP contribution is -2.40. The molecular formula is C24H31N3O2. The zero-order valence-corrected chi connectivity index (χ0v) is 17.5. The van der Waals surface area contributed by atoms with E-state index in [9.17, 15) is 4.79 Å². The van der Waals surface area contributed by atoms with Crippen molar-refractivity contribution in [2.75, 3.05) is 45.2 Å². The van der Waals surface area contributed by atoms with Gasteiger partial charge in [0.2, 0.25) is 0 Å². The van der Waals surface area contributed by atoms with Gasteiger partial charge in [0.25, 0.3) is 5.91 Å². The lowest BCUT2D eigenvalue weighted by atomic mass is 9.98. The number of benzene rings is 2. The first-order valence-electron chi connectivity index (χ1n) is 10.7. The van der Waals surface area contributed by atoms with Crippen molar-refractivity contribution in [3.63, 3.8) is 0 Å². The van der Waals surface area contributed by atoms with Crippen LogP contribution < -0.4 is 15.0 Å². The highest BCUT2D eigenvalue weighted by atomic mass is 16.5. The van der Waals surface area contributed by atoms with Crippen LogP contribution in [0.25, 0.3) is 0 Å². The van der Waals surface area contributed by atoms with E-state index in [1.54, 1.807) is 7.11 Å². The number of hydrogen-bond donors (Lipinski definition) is 1. The van der Waals surface area contributed by atoms with Crippen LogP contribution in [0.5, 0.6) is 5.75 Å². The van der Waals surface area contributed by atoms with Gasteiger partial charge in [-0.3, -0.25) is 9.69 Å². The number of rotatable bonds is 6. The third-order valence-electron chi connectivity index (χ3n) is 6.26. The van der Waals surface area contributed by atoms with Gasteiger partial charge in [0.15, 0.2) is 0 Å². The van der Waals surface area contributed by atoms with Crippen molar-refractivity contribution in [2.24, 2.45) is 0 Å². The Balaban J connectivity index is 1.54. The molecule has 2 aliphatic heterocycles. The second kappa shape index (κ2) is 8.87. The Hall–Kier alpha value is -2.53. The number of carbonyl (C=O) groups excluding carboxylic acids is 1. The van der Waals surface area contributed by atoms with Gasteiger partial charge in [0.1, 0.15) is 5.75 Å². The van der Waals surface area contributed by atoms with E-state index in [2.05, 4.69) is 40.4 Å². The van der Waals surface area contributed by atoms with Gasteiger partial charge in [-0.2, -0.15) is 0 Å². The maximum absolute atomic E-state index is 12.9. The summed E-state index contributed by atoms with van der Waals surface area (Å²) in [4.78, 5) is 17.7. The summed E-state index contributed by atoms with van der Waals surface area (Å²) in [7, 11) is 3.76. The van der Waals surface area contributed by atoms with Gasteiger partial charge in [-0.15, -0.1) is 0 Å². The Morgan fingerprint density at radius 2 is 1.90 bits per heavy atom. The van der Waals surface area contributed by atoms with Gasteiger partial charge in [-0.1, -0.05) is 30.7 Å². The number of carbonyl (C=O) groups is 1. The number of para-hydroxylation sites is 1. The molecule has 2 aliphatic rings. The molecule has 0 aromatic heterocycles. The van der Waals surface area contributed by atoms with Crippen LogP contribution in [-0.4, -0.2) is 51.1 Å². The van der Waals surface area contributed by atoms with Crippen molar-refractivity contribution < 1.29 is 9.53 Å². The first-order chi connectivity index (χ1) is 14.2. The number of ether oxygens (including phenoxy) is 1. The Kier molecular flexibility index (Phi) is 6.05. The number of likely N-dealkylation sites (tertiary alicyclic amines) is 1. The summed E-state index contributed by atoms with van der Waals surface area (Å²) in [6, 6.07) is 14.4. The Bertz CT molecular complexity index is 861. The molecule has 0 spiro atoms. The minimum Gasteiger partial charge on any atom is -0.496 e. The van der Waals surface area contributed by atoms with Crippen molar-refractivity contribution in [2.45, 2.75) is 31.7 Å². The van der Waals surface area contributed by atoms with Crippen LogP contribution in [0.4, 0.5) is 5.69 Å². The van der Waals surface area contributed by atoms with Gasteiger partial charge in [0, 0.05) is 25.8 Å². The second-order valence-electron chi connectivity index (χ2n) is 8.08. The standard InChI is InChI=1S/C24H31N3O2/c1-26-15-12-19-16-18(10-11-21(19)26)22(27-13-6-3-7-14-27)17-25-24(28)20-8-4-5-9-23(20)29-2/h4-5,8-11,16,22H,3,6-7,12-15,17H2,1-2H3,(H,25,28)/t22-/m0/s1. The number of amides is 1. The van der Waals surface area contributed by atoms with Crippen LogP contribution in [0.3, 0.4) is 0 Å². The number of hydrogen-bond acceptors (Lipinski definition) is 4. The number of piperidine rings is 1. The Morgan fingerprint density at radius 1 is 1.10 bits per heavy atom. The molecule has 2 aromatic rings. The molecule has 1 saturated heterocycles. The number of nitrogens with one attached hydrogen (secondary N) is 1. The highest BCUT2D eigenvalue weighted by molar-refractivity contribution is 5.96. The number of likely N-dealkylation sites (N-methyl/N-ethyl adjacent to an activating group) is 1. The molecule has 0 bridgehead atoms. The van der Waals surface area contributed by atoms with Gasteiger partial charge < -0.3 is 15.0 Å². The van der Waals surface area contributed by atoms with Gasteiger partial charge in [-0.05, 0) is 61.7 Å². The second-order valence-corrected chi connectivity index (χ2v) is 8.08. The molecule has 0 radical (unpaired) electrons. The smallest absolute Gasteiger partial charge is 0.255 e. The zero-order chi connectivity index (χ0) is 20.2. The molecule has 2 heterocycles. The van der Waals surface area contributed by atoms with Crippen molar-refractivity contribution in [3.05, 3.63) is 59.2 Å². The highest BCUT2D eigenvalue weighted by Gasteiger charge is 2.25. The summed E-state index contributed by atoms with van der Waals surface area (Å²) < 4.78 is 5.36. The Morgan fingerprint density at radius 3 is 2.69 bits per heavy atom. The summed E-state index contributed by atoms with van der Waals surface area (Å²) in [5, 5.41) is 3.18. The van der Waals surface area contributed by atoms with Gasteiger partial charge >= 0.3 is 0 Å². The van der Waals surface area contributed by atoms with Crippen molar-refractivity contribution in [1.82, 2.24) is 10.2 Å². The van der Waals surface area contributed by atoms with Crippen LogP contribution >= 0.6 is 0 Å². The molecule has 29 heavy (non-hydrogen) atoms. The molecule has 0 unspecified atom stereocenters. The molecule has 0 saturated carbocycles. The summed E-state index contributed by atoms with van der Waals surface area (Å²) in [5.74, 6) is 0.533. The fraction of sp³-hybridized carbons (Fsp3) is 0.458. The van der Waals surface area contributed by atoms with Crippen LogP contribution in [-0.2, 0) is 6.42 Å². The van der Waals surface area contributed by atoms with E-state index in [1.165, 1.54) is 36.1 Å². The molecule has 5 heteroatoms. The lowest BCUT2D eigenvalue weighted by Gasteiger charge is -2.35. The Labute approximate surface area is 173 Å². The minimum atomic E-state index is -0.0784. The van der Waals surface area contributed by atoms with E-state index < -0.39 is 0 Å². The average molecular weight is 394 g/mol. The maximum Gasteiger partial charge on any atom is 0.255 e. The molecule has 0 aliphatic carbocycles. The monoisotopic (exact) mass is 393 g/mol. The van der Waals surface area contributed by atoms with Crippen molar-refractivity contribution in [1.29, 1.82) is 0 Å². The third-order valence-corrected chi connectivity index (χ3v) is 6.26. The summed E-state index contributed by atoms with van der Waals surface area (Å²) in [6.07, 6.45) is 4.85. The predicted molar refractivity (Wildman–Crippen MR) is 117 cm³/mol. The quantitative estimate of drug-likeness (QED) is 0.814. The summed E-state index contributed by atoms with van der Waals surface area (Å²) in [6.45, 7) is 3.86. The van der Waals surface area contributed by atoms with Crippen LogP contribution in [0, 0.1) is 0 Å². The first-order valence-corrected chi connectivity index (χ1v) is 10.7. The highest BCUT2D eigenvalue weighted by Crippen LogP contribution is 2.32. The molecule has 2 aromatic carbocycles. The molecular weight excluding hydrogens is 362 g/mol. The fourth-order valence-electron chi connectivity index (χ4n) is 4.60. The molecule has 1 N–H and O–H groups in total. The molecule has 1 amide bonds. The van der Waals surface area contributed by atoms with Gasteiger partial charge in [-0.25, -0.2) is 0 Å². The molecule has 4 rings (SSSR count). The number of methoxy groups -OCH3 is 1. The topological polar surface area (TPSA) is 44.8 Å². The van der Waals surface area contributed by atoms with E-state index in [1.807, 2.05) is 24.3 Å². The van der Waals surface area contributed by atoms with Crippen LogP contribution in [0.15, 0.2) is 42.5 Å². The maximum atomic E-state index is 12.9. The number of anilines is 1. The predicted octanol–water partition coefficient (Wildman–Crippen LogP) is 3.64. The van der Waals surface area contributed by atoms with Crippen molar-refractivity contribution in [3.8, 4) is 5.75 Å². The van der Waals surface area contributed by atoms with Crippen LogP contribution in [0.2, 0.25) is 0 Å². The molecule has 5 nitrogen and oxygen atoms in total. The lowest BCUT2D eigenvalue weighted by molar-refractivity contribution is 0.0921. The fourth-order valence-corrected chi connectivity index (χ4v) is 4.60. The zero-order valence-electron chi connectivity index (χ0n) is 17.5. The molecule has 154 valence electrons. The molecule has 1 atom stereocenters. The van der Waals surface area contributed by atoms with Crippen molar-refractivity contribution >= 4 is 11.6 Å². The average Bonchev–Trinajstić information content (AvgIpc) is 3.14. The third kappa shape index (κ3) is 4.25. The first kappa shape index (κ1) is 19.8. The molecule has 1 fully saturated rings. The van der Waals surface area contributed by atoms with E-state index in [-0.39, 0.29) is 11.9 Å². The summed E-state index contributed by atoms with van der Waals surface area (Å²) in [5.41, 5.74) is 4.65. The normalized spacial score (nSPS) is 17.7. The van der Waals surface area contributed by atoms with Gasteiger partial charge in [0.05, 0.1) is 18.7 Å². The largest absolute Gasteiger partial charge is 0.496 e. The SMILES string of the molecule is COc1ccccc1C(=O)NC[C@@H](c1ccc2c(c1)CCN2C)N1CCCCC1.